The molecule has 3 aromatic carbocycles. The van der Waals surface area contributed by atoms with Crippen molar-refractivity contribution in [2.24, 2.45) is 0 Å². The van der Waals surface area contributed by atoms with E-state index in [2.05, 4.69) is 27.7 Å². The summed E-state index contributed by atoms with van der Waals surface area (Å²) in [5.41, 5.74) is 5.55. The zero-order valence-electron chi connectivity index (χ0n) is 19.5. The lowest BCUT2D eigenvalue weighted by molar-refractivity contribution is 0.0939. The molecule has 0 aliphatic carbocycles. The van der Waals surface area contributed by atoms with Gasteiger partial charge in [0.1, 0.15) is 0 Å². The SMILES string of the molecule is CC(NC(=O)c1c(CN2CCNCC2)c(-c2ccccc2)nc2ccccc12)c1ccccc1. The van der Waals surface area contributed by atoms with Crippen molar-refractivity contribution in [2.75, 3.05) is 26.2 Å². The van der Waals surface area contributed by atoms with Crippen molar-refractivity contribution < 1.29 is 4.79 Å². The third-order valence-corrected chi connectivity index (χ3v) is 6.51. The van der Waals surface area contributed by atoms with Crippen molar-refractivity contribution in [3.63, 3.8) is 0 Å². The van der Waals surface area contributed by atoms with Crippen LogP contribution in [0.1, 0.15) is 34.5 Å². The second kappa shape index (κ2) is 10.2. The molecular formula is C29H30N4O. The summed E-state index contributed by atoms with van der Waals surface area (Å²) in [6.45, 7) is 6.52. The standard InChI is InChI=1S/C29H30N4O/c1-21(22-10-4-2-5-11-22)31-29(34)27-24-14-8-9-15-26(24)32-28(23-12-6-3-7-13-23)25(27)20-33-18-16-30-17-19-33/h2-15,21,30H,16-20H2,1H3,(H,31,34). The average Bonchev–Trinajstić information content (AvgIpc) is 2.89. The van der Waals surface area contributed by atoms with Gasteiger partial charge in [-0.3, -0.25) is 9.69 Å². The molecule has 2 N–H and O–H groups in total. The van der Waals surface area contributed by atoms with Gasteiger partial charge in [-0.25, -0.2) is 4.98 Å². The van der Waals surface area contributed by atoms with Crippen molar-refractivity contribution in [1.29, 1.82) is 0 Å². The van der Waals surface area contributed by atoms with E-state index >= 15 is 0 Å². The maximum Gasteiger partial charge on any atom is 0.252 e. The second-order valence-electron chi connectivity index (χ2n) is 8.83. The lowest BCUT2D eigenvalue weighted by Crippen LogP contribution is -2.43. The molecule has 0 bridgehead atoms. The molecule has 5 heteroatoms. The Labute approximate surface area is 200 Å². The van der Waals surface area contributed by atoms with Gasteiger partial charge in [-0.15, -0.1) is 0 Å². The van der Waals surface area contributed by atoms with Crippen LogP contribution < -0.4 is 10.6 Å². The zero-order valence-corrected chi connectivity index (χ0v) is 19.5. The van der Waals surface area contributed by atoms with E-state index in [0.29, 0.717) is 6.54 Å². The molecule has 1 fully saturated rings. The van der Waals surface area contributed by atoms with Gasteiger partial charge < -0.3 is 10.6 Å². The maximum absolute atomic E-state index is 13.9. The predicted octanol–water partition coefficient (Wildman–Crippen LogP) is 4.80. The van der Waals surface area contributed by atoms with Gasteiger partial charge in [0, 0.05) is 49.2 Å². The number of hydrogen-bond donors (Lipinski definition) is 2. The number of nitrogens with one attached hydrogen (secondary N) is 2. The molecule has 34 heavy (non-hydrogen) atoms. The van der Waals surface area contributed by atoms with Crippen molar-refractivity contribution in [3.05, 3.63) is 102 Å². The Hall–Kier alpha value is -3.54. The minimum atomic E-state index is -0.104. The van der Waals surface area contributed by atoms with Crippen LogP contribution in [0.2, 0.25) is 0 Å². The Morgan fingerprint density at radius 2 is 1.59 bits per heavy atom. The summed E-state index contributed by atoms with van der Waals surface area (Å²) < 4.78 is 0. The van der Waals surface area contributed by atoms with Gasteiger partial charge in [-0.1, -0.05) is 78.9 Å². The second-order valence-corrected chi connectivity index (χ2v) is 8.83. The average molecular weight is 451 g/mol. The van der Waals surface area contributed by atoms with Crippen LogP contribution in [0.4, 0.5) is 0 Å². The van der Waals surface area contributed by atoms with Gasteiger partial charge in [0.2, 0.25) is 0 Å². The number of amides is 1. The van der Waals surface area contributed by atoms with Crippen LogP contribution in [0.5, 0.6) is 0 Å². The molecule has 1 amide bonds. The van der Waals surface area contributed by atoms with Gasteiger partial charge in [0.15, 0.2) is 0 Å². The van der Waals surface area contributed by atoms with Crippen LogP contribution in [-0.4, -0.2) is 42.0 Å². The summed E-state index contributed by atoms with van der Waals surface area (Å²) in [5, 5.41) is 7.58. The summed E-state index contributed by atoms with van der Waals surface area (Å²) in [6, 6.07) is 28.2. The van der Waals surface area contributed by atoms with Crippen LogP contribution in [0.25, 0.3) is 22.2 Å². The zero-order chi connectivity index (χ0) is 23.3. The summed E-state index contributed by atoms with van der Waals surface area (Å²) in [7, 11) is 0. The fourth-order valence-corrected chi connectivity index (χ4v) is 4.69. The highest BCUT2D eigenvalue weighted by Crippen LogP contribution is 2.32. The number of hydrogen-bond acceptors (Lipinski definition) is 4. The third kappa shape index (κ3) is 4.72. The first kappa shape index (κ1) is 22.3. The summed E-state index contributed by atoms with van der Waals surface area (Å²) in [6.07, 6.45) is 0. The minimum absolute atomic E-state index is 0.0581. The fraction of sp³-hybridized carbons (Fsp3) is 0.241. The number of pyridine rings is 1. The number of carbonyl (C=O) groups is 1. The molecule has 5 nitrogen and oxygen atoms in total. The monoisotopic (exact) mass is 450 g/mol. The smallest absolute Gasteiger partial charge is 0.252 e. The van der Waals surface area contributed by atoms with Gasteiger partial charge in [0.25, 0.3) is 5.91 Å². The molecule has 0 radical (unpaired) electrons. The molecule has 1 saturated heterocycles. The molecule has 5 rings (SSSR count). The molecule has 1 unspecified atom stereocenters. The molecule has 4 aromatic rings. The van der Waals surface area contributed by atoms with Crippen LogP contribution >= 0.6 is 0 Å². The molecule has 1 atom stereocenters. The Balaban J connectivity index is 1.64. The number of benzene rings is 3. The van der Waals surface area contributed by atoms with Crippen molar-refractivity contribution >= 4 is 16.8 Å². The lowest BCUT2D eigenvalue weighted by Gasteiger charge is -2.29. The van der Waals surface area contributed by atoms with E-state index in [1.807, 2.05) is 79.7 Å². The van der Waals surface area contributed by atoms with Gasteiger partial charge in [-0.2, -0.15) is 0 Å². The normalized spacial score (nSPS) is 15.2. The highest BCUT2D eigenvalue weighted by Gasteiger charge is 2.25. The molecule has 0 spiro atoms. The Bertz CT molecular complexity index is 1270. The Morgan fingerprint density at radius 3 is 2.32 bits per heavy atom. The van der Waals surface area contributed by atoms with E-state index in [1.54, 1.807) is 0 Å². The van der Waals surface area contributed by atoms with E-state index in [4.69, 9.17) is 4.98 Å². The van der Waals surface area contributed by atoms with Gasteiger partial charge >= 0.3 is 0 Å². The number of piperazine rings is 1. The van der Waals surface area contributed by atoms with Crippen molar-refractivity contribution in [3.8, 4) is 11.3 Å². The van der Waals surface area contributed by atoms with Crippen LogP contribution in [0.3, 0.4) is 0 Å². The first-order chi connectivity index (χ1) is 16.7. The topological polar surface area (TPSA) is 57.3 Å². The van der Waals surface area contributed by atoms with Gasteiger partial charge in [-0.05, 0) is 18.6 Å². The molecule has 1 aliphatic rings. The minimum Gasteiger partial charge on any atom is -0.345 e. The van der Waals surface area contributed by atoms with Crippen molar-refractivity contribution in [1.82, 2.24) is 20.5 Å². The van der Waals surface area contributed by atoms with Crippen LogP contribution in [0, 0.1) is 0 Å². The Morgan fingerprint density at radius 1 is 0.941 bits per heavy atom. The predicted molar refractivity (Wildman–Crippen MR) is 138 cm³/mol. The number of para-hydroxylation sites is 1. The molecule has 2 heterocycles. The number of nitrogens with zero attached hydrogens (tertiary/aromatic N) is 2. The molecular weight excluding hydrogens is 420 g/mol. The Kier molecular flexibility index (Phi) is 6.65. The first-order valence-corrected chi connectivity index (χ1v) is 12.0. The molecule has 1 aliphatic heterocycles. The molecule has 0 saturated carbocycles. The fourth-order valence-electron chi connectivity index (χ4n) is 4.69. The first-order valence-electron chi connectivity index (χ1n) is 12.0. The summed E-state index contributed by atoms with van der Waals surface area (Å²) >= 11 is 0. The lowest BCUT2D eigenvalue weighted by atomic mass is 9.95. The van der Waals surface area contributed by atoms with Crippen LogP contribution in [-0.2, 0) is 6.54 Å². The van der Waals surface area contributed by atoms with Crippen molar-refractivity contribution in [2.45, 2.75) is 19.5 Å². The number of fused-ring (bicyclic) bond motifs is 1. The van der Waals surface area contributed by atoms with Crippen LogP contribution in [0.15, 0.2) is 84.9 Å². The van der Waals surface area contributed by atoms with Gasteiger partial charge in [0.05, 0.1) is 22.8 Å². The highest BCUT2D eigenvalue weighted by atomic mass is 16.1. The third-order valence-electron chi connectivity index (χ3n) is 6.51. The largest absolute Gasteiger partial charge is 0.345 e. The number of aromatic nitrogens is 1. The number of rotatable bonds is 6. The summed E-state index contributed by atoms with van der Waals surface area (Å²) in [4.78, 5) is 21.4. The van der Waals surface area contributed by atoms with E-state index in [1.165, 1.54) is 0 Å². The highest BCUT2D eigenvalue weighted by molar-refractivity contribution is 6.09. The molecule has 1 aromatic heterocycles. The number of carbonyl (C=O) groups excluding carboxylic acids is 1. The van der Waals surface area contributed by atoms with E-state index in [9.17, 15) is 4.79 Å². The quantitative estimate of drug-likeness (QED) is 0.443. The van der Waals surface area contributed by atoms with E-state index in [0.717, 1.165) is 65.0 Å². The molecule has 172 valence electrons. The van der Waals surface area contributed by atoms with E-state index < -0.39 is 0 Å². The maximum atomic E-state index is 13.9. The summed E-state index contributed by atoms with van der Waals surface area (Å²) in [5.74, 6) is -0.0581. The van der Waals surface area contributed by atoms with E-state index in [-0.39, 0.29) is 11.9 Å².